The summed E-state index contributed by atoms with van der Waals surface area (Å²) in [6.07, 6.45) is 6.88. The lowest BCUT2D eigenvalue weighted by molar-refractivity contribution is 1.25. The third-order valence-corrected chi connectivity index (χ3v) is 9.29. The van der Waals surface area contributed by atoms with E-state index in [1.54, 1.807) is 6.08 Å². The molecule has 2 N–H and O–H groups in total. The van der Waals surface area contributed by atoms with Crippen molar-refractivity contribution in [2.24, 2.45) is 10.7 Å². The second-order valence-corrected chi connectivity index (χ2v) is 12.7. The molecule has 8 rings (SSSR count). The van der Waals surface area contributed by atoms with Gasteiger partial charge in [-0.15, -0.1) is 0 Å². The van der Waals surface area contributed by atoms with Crippen LogP contribution < -0.4 is 5.73 Å². The average molecular weight is 657 g/mol. The second-order valence-electron chi connectivity index (χ2n) is 12.7. The quantitative estimate of drug-likeness (QED) is 0.0788. The zero-order valence-electron chi connectivity index (χ0n) is 28.9. The third kappa shape index (κ3) is 6.99. The zero-order valence-corrected chi connectivity index (χ0v) is 28.9. The smallest absolute Gasteiger partial charge is 0.131 e. The molecule has 51 heavy (non-hydrogen) atoms. The molecule has 2 nitrogen and oxygen atoms in total. The van der Waals surface area contributed by atoms with Gasteiger partial charge < -0.3 is 5.73 Å². The van der Waals surface area contributed by atoms with Crippen LogP contribution in [-0.4, -0.2) is 5.84 Å². The van der Waals surface area contributed by atoms with Crippen LogP contribution in [0.2, 0.25) is 0 Å². The number of amidine groups is 1. The van der Waals surface area contributed by atoms with Gasteiger partial charge in [-0.1, -0.05) is 183 Å². The van der Waals surface area contributed by atoms with Crippen LogP contribution in [0.4, 0.5) is 0 Å². The minimum atomic E-state index is 0.459. The Hall–Kier alpha value is -6.51. The maximum Gasteiger partial charge on any atom is 0.131 e. The number of aryl methyl sites for hydroxylation is 1. The number of hydrogen-bond donors (Lipinski definition) is 1. The fourth-order valence-corrected chi connectivity index (χ4v) is 6.89. The molecule has 2 heteroatoms. The first-order chi connectivity index (χ1) is 25.0. The highest BCUT2D eigenvalue weighted by atomic mass is 14.9. The van der Waals surface area contributed by atoms with Gasteiger partial charge in [-0.05, 0) is 85.3 Å². The summed E-state index contributed by atoms with van der Waals surface area (Å²) in [6, 6.07) is 55.3. The average Bonchev–Trinajstić information content (AvgIpc) is 3.18. The number of allylic oxidation sites excluding steroid dienone is 3. The normalized spacial score (nSPS) is 11.6. The molecule has 246 valence electrons. The van der Waals surface area contributed by atoms with Gasteiger partial charge in [-0.2, -0.15) is 0 Å². The SMILES string of the molecule is C=C(N=C(N)c1ccccc1)c1cccc(-c2cc3c4ccccc4c4ccccc4c3c3ccccc23)c1.C=C/C=C\Cc1cccc(C)c1. The number of aliphatic imine (C=N–C) groups is 1. The summed E-state index contributed by atoms with van der Waals surface area (Å²) in [6.45, 7) is 9.98. The molecule has 0 aliphatic heterocycles. The van der Waals surface area contributed by atoms with E-state index in [4.69, 9.17) is 5.73 Å². The van der Waals surface area contributed by atoms with Crippen LogP contribution >= 0.6 is 0 Å². The third-order valence-electron chi connectivity index (χ3n) is 9.29. The minimum Gasteiger partial charge on any atom is -0.383 e. The van der Waals surface area contributed by atoms with Gasteiger partial charge in [0.05, 0.1) is 5.70 Å². The van der Waals surface area contributed by atoms with Gasteiger partial charge in [0, 0.05) is 11.1 Å². The van der Waals surface area contributed by atoms with E-state index in [-0.39, 0.29) is 0 Å². The van der Waals surface area contributed by atoms with Crippen molar-refractivity contribution in [1.82, 2.24) is 0 Å². The van der Waals surface area contributed by atoms with Crippen LogP contribution in [-0.2, 0) is 6.42 Å². The van der Waals surface area contributed by atoms with Crippen LogP contribution in [0, 0.1) is 6.92 Å². The van der Waals surface area contributed by atoms with E-state index in [9.17, 15) is 0 Å². The molecule has 0 saturated carbocycles. The highest BCUT2D eigenvalue weighted by Crippen LogP contribution is 2.42. The summed E-state index contributed by atoms with van der Waals surface area (Å²) in [7, 11) is 0. The number of fused-ring (bicyclic) bond motifs is 8. The van der Waals surface area contributed by atoms with Crippen molar-refractivity contribution < 1.29 is 0 Å². The fourth-order valence-electron chi connectivity index (χ4n) is 6.89. The first kappa shape index (κ1) is 33.0. The second kappa shape index (κ2) is 14.9. The van der Waals surface area contributed by atoms with Crippen molar-refractivity contribution in [3.05, 3.63) is 211 Å². The number of hydrogen-bond acceptors (Lipinski definition) is 1. The number of nitrogens with two attached hydrogens (primary N) is 1. The summed E-state index contributed by atoms with van der Waals surface area (Å²) in [4.78, 5) is 4.64. The summed E-state index contributed by atoms with van der Waals surface area (Å²) in [5.41, 5.74) is 13.8. The molecule has 0 heterocycles. The topological polar surface area (TPSA) is 38.4 Å². The Morgan fingerprint density at radius 1 is 0.588 bits per heavy atom. The van der Waals surface area contributed by atoms with Gasteiger partial charge in [0.25, 0.3) is 0 Å². The lowest BCUT2D eigenvalue weighted by Crippen LogP contribution is -2.13. The Morgan fingerprint density at radius 3 is 1.84 bits per heavy atom. The summed E-state index contributed by atoms with van der Waals surface area (Å²) >= 11 is 0. The van der Waals surface area contributed by atoms with E-state index in [1.165, 1.54) is 59.8 Å². The number of nitrogens with zero attached hydrogens (tertiary/aromatic N) is 1. The molecule has 0 amide bonds. The largest absolute Gasteiger partial charge is 0.383 e. The van der Waals surface area contributed by atoms with Crippen molar-refractivity contribution in [2.75, 3.05) is 0 Å². The molecule has 0 aliphatic carbocycles. The molecule has 0 aromatic heterocycles. The molecule has 0 spiro atoms. The standard InChI is InChI=1S/C37H26N2.C12H14/c1-24(39-37(38)25-12-3-2-4-13-25)26-14-11-15-27(22-26)34-23-35-30-18-6-5-16-28(30)29-17-7-9-20-32(29)36(35)33-21-10-8-19-31(33)34;1-3-4-5-8-12-9-6-7-11(2)10-12/h2-23H,1H2,(H2,38,39);3-7,9-10H,1,8H2,2H3/b;5-4-. The minimum absolute atomic E-state index is 0.459. The van der Waals surface area contributed by atoms with Gasteiger partial charge in [0.1, 0.15) is 5.84 Å². The van der Waals surface area contributed by atoms with Crippen molar-refractivity contribution in [3.8, 4) is 11.1 Å². The lowest BCUT2D eigenvalue weighted by atomic mass is 9.87. The molecule has 0 radical (unpaired) electrons. The molecule has 0 bridgehead atoms. The molecular weight excluding hydrogens is 617 g/mol. The van der Waals surface area contributed by atoms with Crippen LogP contribution in [0.3, 0.4) is 0 Å². The van der Waals surface area contributed by atoms with Gasteiger partial charge in [0.15, 0.2) is 0 Å². The fraction of sp³-hybridized carbons (Fsp3) is 0.0408. The Labute approximate surface area is 300 Å². The van der Waals surface area contributed by atoms with Gasteiger partial charge in [-0.25, -0.2) is 4.99 Å². The first-order valence-electron chi connectivity index (χ1n) is 17.3. The molecule has 8 aromatic carbocycles. The van der Waals surface area contributed by atoms with Crippen molar-refractivity contribution in [2.45, 2.75) is 13.3 Å². The molecule has 0 fully saturated rings. The van der Waals surface area contributed by atoms with E-state index < -0.39 is 0 Å². The molecular formula is C49H40N2. The molecule has 0 unspecified atom stereocenters. The Bertz CT molecular complexity index is 2610. The number of benzene rings is 8. The van der Waals surface area contributed by atoms with Crippen LogP contribution in [0.15, 0.2) is 194 Å². The Morgan fingerprint density at radius 2 is 1.16 bits per heavy atom. The molecule has 0 aliphatic rings. The van der Waals surface area contributed by atoms with Crippen molar-refractivity contribution in [3.63, 3.8) is 0 Å². The van der Waals surface area contributed by atoms with E-state index >= 15 is 0 Å². The number of rotatable bonds is 7. The van der Waals surface area contributed by atoms with E-state index in [0.29, 0.717) is 11.5 Å². The molecule has 0 saturated heterocycles. The Balaban J connectivity index is 0.000000289. The van der Waals surface area contributed by atoms with Gasteiger partial charge >= 0.3 is 0 Å². The van der Waals surface area contributed by atoms with E-state index in [0.717, 1.165) is 23.1 Å². The summed E-state index contributed by atoms with van der Waals surface area (Å²) < 4.78 is 0. The van der Waals surface area contributed by atoms with Crippen molar-refractivity contribution >= 4 is 54.6 Å². The monoisotopic (exact) mass is 656 g/mol. The zero-order chi connectivity index (χ0) is 35.2. The van der Waals surface area contributed by atoms with E-state index in [1.807, 2.05) is 42.5 Å². The van der Waals surface area contributed by atoms with Crippen LogP contribution in [0.1, 0.15) is 22.3 Å². The van der Waals surface area contributed by atoms with Gasteiger partial charge in [-0.3, -0.25) is 0 Å². The summed E-state index contributed by atoms with van der Waals surface area (Å²) in [5.74, 6) is 0.459. The molecule has 0 atom stereocenters. The predicted molar refractivity (Wildman–Crippen MR) is 222 cm³/mol. The van der Waals surface area contributed by atoms with Crippen LogP contribution in [0.25, 0.3) is 59.9 Å². The predicted octanol–water partition coefficient (Wildman–Crippen LogP) is 12.6. The van der Waals surface area contributed by atoms with Gasteiger partial charge in [0.2, 0.25) is 0 Å². The first-order valence-corrected chi connectivity index (χ1v) is 17.3. The highest BCUT2D eigenvalue weighted by molar-refractivity contribution is 6.33. The lowest BCUT2D eigenvalue weighted by Gasteiger charge is -2.16. The molecule has 8 aromatic rings. The van der Waals surface area contributed by atoms with E-state index in [2.05, 4.69) is 152 Å². The van der Waals surface area contributed by atoms with Crippen LogP contribution in [0.5, 0.6) is 0 Å². The maximum absolute atomic E-state index is 6.31. The maximum atomic E-state index is 6.31. The highest BCUT2D eigenvalue weighted by Gasteiger charge is 2.15. The van der Waals surface area contributed by atoms with Crippen molar-refractivity contribution in [1.29, 1.82) is 0 Å². The summed E-state index contributed by atoms with van der Waals surface area (Å²) in [5, 5.41) is 10.1. The Kier molecular flexibility index (Phi) is 9.67.